The molecule has 0 bridgehead atoms. The first-order chi connectivity index (χ1) is 9.00. The molecule has 1 unspecified atom stereocenters. The molecule has 1 atom stereocenters. The van der Waals surface area contributed by atoms with Crippen LogP contribution in [-0.4, -0.2) is 5.60 Å². The van der Waals surface area contributed by atoms with Gasteiger partial charge in [-0.25, -0.2) is 0 Å². The quantitative estimate of drug-likeness (QED) is 0.908. The van der Waals surface area contributed by atoms with Gasteiger partial charge in [-0.15, -0.1) is 0 Å². The zero-order valence-electron chi connectivity index (χ0n) is 11.8. The van der Waals surface area contributed by atoms with Gasteiger partial charge in [0.15, 0.2) is 11.3 Å². The summed E-state index contributed by atoms with van der Waals surface area (Å²) in [5, 5.41) is 1.08. The highest BCUT2D eigenvalue weighted by atomic mass is 16.5. The van der Waals surface area contributed by atoms with Gasteiger partial charge >= 0.3 is 0 Å². The van der Waals surface area contributed by atoms with Gasteiger partial charge in [-0.2, -0.15) is 0 Å². The van der Waals surface area contributed by atoms with Crippen LogP contribution in [0.25, 0.3) is 11.0 Å². The van der Waals surface area contributed by atoms with Crippen molar-refractivity contribution in [3.05, 3.63) is 29.5 Å². The zero-order valence-corrected chi connectivity index (χ0v) is 11.8. The van der Waals surface area contributed by atoms with Crippen LogP contribution in [0, 0.1) is 0 Å². The molecule has 2 N–H and O–H groups in total. The number of hydrogen-bond acceptors (Lipinski definition) is 3. The third kappa shape index (κ3) is 2.12. The number of fused-ring (bicyclic) bond motifs is 3. The molecular formula is C16H21NO2. The summed E-state index contributed by atoms with van der Waals surface area (Å²) >= 11 is 0. The van der Waals surface area contributed by atoms with Gasteiger partial charge in [-0.3, -0.25) is 0 Å². The third-order valence-corrected chi connectivity index (χ3v) is 3.70. The molecule has 1 aromatic carbocycles. The topological polar surface area (TPSA) is 48.4 Å². The second kappa shape index (κ2) is 4.27. The van der Waals surface area contributed by atoms with Crippen molar-refractivity contribution in [2.75, 3.05) is 0 Å². The molecular weight excluding hydrogens is 238 g/mol. The average molecular weight is 259 g/mol. The SMILES string of the molecule is CCCC(N)c1cc2ccc3c(c2o1)OC(C)(C)C3. The predicted octanol–water partition coefficient (Wildman–Crippen LogP) is 3.95. The Morgan fingerprint density at radius 1 is 1.37 bits per heavy atom. The lowest BCUT2D eigenvalue weighted by Gasteiger charge is -2.16. The Hall–Kier alpha value is -1.48. The van der Waals surface area contributed by atoms with E-state index >= 15 is 0 Å². The van der Waals surface area contributed by atoms with Gasteiger partial charge in [0.05, 0.1) is 6.04 Å². The first kappa shape index (κ1) is 12.5. The molecule has 1 aliphatic heterocycles. The maximum atomic E-state index is 6.13. The maximum Gasteiger partial charge on any atom is 0.176 e. The van der Waals surface area contributed by atoms with Crippen molar-refractivity contribution >= 4 is 11.0 Å². The minimum Gasteiger partial charge on any atom is -0.483 e. The van der Waals surface area contributed by atoms with Gasteiger partial charge in [0.2, 0.25) is 0 Å². The Labute approximate surface area is 113 Å². The van der Waals surface area contributed by atoms with E-state index in [1.165, 1.54) is 5.56 Å². The second-order valence-corrected chi connectivity index (χ2v) is 6.05. The van der Waals surface area contributed by atoms with Gasteiger partial charge in [0.1, 0.15) is 11.4 Å². The van der Waals surface area contributed by atoms with Crippen molar-refractivity contribution in [2.45, 2.75) is 51.7 Å². The number of benzene rings is 1. The molecule has 2 heterocycles. The molecule has 19 heavy (non-hydrogen) atoms. The van der Waals surface area contributed by atoms with E-state index in [0.29, 0.717) is 0 Å². The van der Waals surface area contributed by atoms with Gasteiger partial charge in [0, 0.05) is 17.4 Å². The van der Waals surface area contributed by atoms with E-state index in [1.54, 1.807) is 0 Å². The van der Waals surface area contributed by atoms with Crippen molar-refractivity contribution in [1.82, 2.24) is 0 Å². The fourth-order valence-electron chi connectivity index (χ4n) is 2.80. The number of rotatable bonds is 3. The normalized spacial score (nSPS) is 18.3. The molecule has 0 amide bonds. The summed E-state index contributed by atoms with van der Waals surface area (Å²) in [6.07, 6.45) is 2.92. The standard InChI is InChI=1S/C16H21NO2/c1-4-5-12(17)13-8-10-6-7-11-9-16(2,3)19-15(11)14(10)18-13/h6-8,12H,4-5,9,17H2,1-3H3. The smallest absolute Gasteiger partial charge is 0.176 e. The van der Waals surface area contributed by atoms with Crippen LogP contribution in [-0.2, 0) is 6.42 Å². The Kier molecular flexibility index (Phi) is 2.82. The Morgan fingerprint density at radius 2 is 2.16 bits per heavy atom. The molecule has 0 saturated carbocycles. The Bertz CT molecular complexity index is 612. The summed E-state index contributed by atoms with van der Waals surface area (Å²) < 4.78 is 12.0. The molecule has 1 aromatic heterocycles. The molecule has 0 spiro atoms. The van der Waals surface area contributed by atoms with E-state index in [0.717, 1.165) is 41.7 Å². The van der Waals surface area contributed by atoms with Crippen molar-refractivity contribution in [3.8, 4) is 5.75 Å². The summed E-state index contributed by atoms with van der Waals surface area (Å²) in [5.41, 5.74) is 8.07. The molecule has 2 aromatic rings. The molecule has 102 valence electrons. The van der Waals surface area contributed by atoms with E-state index in [9.17, 15) is 0 Å². The molecule has 3 rings (SSSR count). The van der Waals surface area contributed by atoms with E-state index in [2.05, 4.69) is 32.9 Å². The van der Waals surface area contributed by atoms with Crippen LogP contribution < -0.4 is 10.5 Å². The molecule has 0 radical (unpaired) electrons. The number of furan rings is 1. The minimum absolute atomic E-state index is 0.0255. The molecule has 0 aliphatic carbocycles. The van der Waals surface area contributed by atoms with Gasteiger partial charge in [-0.05, 0) is 26.3 Å². The van der Waals surface area contributed by atoms with Crippen LogP contribution >= 0.6 is 0 Å². The highest BCUT2D eigenvalue weighted by molar-refractivity contribution is 5.86. The lowest BCUT2D eigenvalue weighted by Crippen LogP contribution is -2.24. The lowest BCUT2D eigenvalue weighted by molar-refractivity contribution is 0.138. The highest BCUT2D eigenvalue weighted by Crippen LogP contribution is 2.42. The fraction of sp³-hybridized carbons (Fsp3) is 0.500. The lowest BCUT2D eigenvalue weighted by atomic mass is 10.0. The highest BCUT2D eigenvalue weighted by Gasteiger charge is 2.32. The molecule has 0 saturated heterocycles. The Balaban J connectivity index is 2.06. The third-order valence-electron chi connectivity index (χ3n) is 3.70. The zero-order chi connectivity index (χ0) is 13.6. The van der Waals surface area contributed by atoms with E-state index in [1.807, 2.05) is 6.07 Å². The number of hydrogen-bond donors (Lipinski definition) is 1. The summed E-state index contributed by atoms with van der Waals surface area (Å²) in [7, 11) is 0. The summed E-state index contributed by atoms with van der Waals surface area (Å²) in [6, 6.07) is 6.26. The van der Waals surface area contributed by atoms with Gasteiger partial charge in [0.25, 0.3) is 0 Å². The van der Waals surface area contributed by atoms with Crippen LogP contribution in [0.15, 0.2) is 22.6 Å². The van der Waals surface area contributed by atoms with Crippen molar-refractivity contribution in [2.24, 2.45) is 5.73 Å². The van der Waals surface area contributed by atoms with E-state index in [-0.39, 0.29) is 11.6 Å². The monoisotopic (exact) mass is 259 g/mol. The predicted molar refractivity (Wildman–Crippen MR) is 76.5 cm³/mol. The number of ether oxygens (including phenoxy) is 1. The van der Waals surface area contributed by atoms with Crippen LogP contribution in [0.2, 0.25) is 0 Å². The van der Waals surface area contributed by atoms with Gasteiger partial charge in [-0.1, -0.05) is 25.5 Å². The van der Waals surface area contributed by atoms with Crippen LogP contribution in [0.3, 0.4) is 0 Å². The fourth-order valence-corrected chi connectivity index (χ4v) is 2.80. The first-order valence-corrected chi connectivity index (χ1v) is 7.00. The summed E-state index contributed by atoms with van der Waals surface area (Å²) in [6.45, 7) is 6.34. The van der Waals surface area contributed by atoms with Gasteiger partial charge < -0.3 is 14.9 Å². The average Bonchev–Trinajstić information content (AvgIpc) is 2.87. The van der Waals surface area contributed by atoms with E-state index < -0.39 is 0 Å². The van der Waals surface area contributed by atoms with Crippen LogP contribution in [0.4, 0.5) is 0 Å². The van der Waals surface area contributed by atoms with Crippen LogP contribution in [0.5, 0.6) is 5.75 Å². The van der Waals surface area contributed by atoms with Crippen molar-refractivity contribution < 1.29 is 9.15 Å². The molecule has 3 heteroatoms. The summed E-state index contributed by atoms with van der Waals surface area (Å²) in [5.74, 6) is 1.76. The van der Waals surface area contributed by atoms with Crippen molar-refractivity contribution in [3.63, 3.8) is 0 Å². The van der Waals surface area contributed by atoms with Crippen molar-refractivity contribution in [1.29, 1.82) is 0 Å². The Morgan fingerprint density at radius 3 is 2.89 bits per heavy atom. The second-order valence-electron chi connectivity index (χ2n) is 6.05. The van der Waals surface area contributed by atoms with E-state index in [4.69, 9.17) is 14.9 Å². The molecule has 1 aliphatic rings. The number of nitrogens with two attached hydrogens (primary N) is 1. The first-order valence-electron chi connectivity index (χ1n) is 7.00. The molecule has 0 fully saturated rings. The van der Waals surface area contributed by atoms with Crippen LogP contribution in [0.1, 0.15) is 51.0 Å². The minimum atomic E-state index is -0.144. The largest absolute Gasteiger partial charge is 0.483 e. The summed E-state index contributed by atoms with van der Waals surface area (Å²) in [4.78, 5) is 0. The maximum absolute atomic E-state index is 6.13. The molecule has 3 nitrogen and oxygen atoms in total.